The summed E-state index contributed by atoms with van der Waals surface area (Å²) in [4.78, 5) is 11.0. The first-order chi connectivity index (χ1) is 8.54. The van der Waals surface area contributed by atoms with Crippen molar-refractivity contribution in [3.63, 3.8) is 0 Å². The molecule has 0 saturated heterocycles. The van der Waals surface area contributed by atoms with Gasteiger partial charge in [0.05, 0.1) is 18.5 Å². The van der Waals surface area contributed by atoms with Crippen molar-refractivity contribution >= 4 is 17.4 Å². The predicted molar refractivity (Wildman–Crippen MR) is 65.3 cm³/mol. The number of nitrogen functional groups attached to an aromatic ring is 2. The molecule has 0 atom stereocenters. The SMILES string of the molecule is COc1ccc(-n2nnc(C(N)=O)c2N)c(N)c1. The summed E-state index contributed by atoms with van der Waals surface area (Å²) in [6.07, 6.45) is 0. The van der Waals surface area contributed by atoms with Gasteiger partial charge in [-0.05, 0) is 12.1 Å². The number of ether oxygens (including phenoxy) is 1. The number of primary amides is 1. The summed E-state index contributed by atoms with van der Waals surface area (Å²) in [6, 6.07) is 4.96. The Morgan fingerprint density at radius 2 is 2.11 bits per heavy atom. The van der Waals surface area contributed by atoms with Crippen LogP contribution in [-0.4, -0.2) is 28.0 Å². The summed E-state index contributed by atoms with van der Waals surface area (Å²) in [5.41, 5.74) is 17.5. The molecule has 8 nitrogen and oxygen atoms in total. The summed E-state index contributed by atoms with van der Waals surface area (Å²) in [6.45, 7) is 0. The van der Waals surface area contributed by atoms with Crippen molar-refractivity contribution in [2.45, 2.75) is 0 Å². The van der Waals surface area contributed by atoms with Crippen LogP contribution < -0.4 is 21.9 Å². The van der Waals surface area contributed by atoms with E-state index in [-0.39, 0.29) is 11.5 Å². The van der Waals surface area contributed by atoms with Crippen LogP contribution >= 0.6 is 0 Å². The number of aromatic nitrogens is 3. The molecule has 0 fully saturated rings. The van der Waals surface area contributed by atoms with Crippen LogP contribution in [0, 0.1) is 0 Å². The Bertz CT molecular complexity index is 606. The van der Waals surface area contributed by atoms with Crippen molar-refractivity contribution in [2.75, 3.05) is 18.6 Å². The Hall–Kier alpha value is -2.77. The zero-order valence-corrected chi connectivity index (χ0v) is 9.62. The Morgan fingerprint density at radius 1 is 1.39 bits per heavy atom. The van der Waals surface area contributed by atoms with Crippen molar-refractivity contribution in [1.82, 2.24) is 15.0 Å². The zero-order chi connectivity index (χ0) is 13.3. The highest BCUT2D eigenvalue weighted by molar-refractivity contribution is 5.95. The number of nitrogens with zero attached hydrogens (tertiary/aromatic N) is 3. The van der Waals surface area contributed by atoms with Crippen LogP contribution in [0.3, 0.4) is 0 Å². The molecule has 94 valence electrons. The number of nitrogens with two attached hydrogens (primary N) is 3. The molecule has 1 heterocycles. The third kappa shape index (κ3) is 1.79. The maximum Gasteiger partial charge on any atom is 0.273 e. The second-order valence-electron chi connectivity index (χ2n) is 3.52. The Labute approximate surface area is 102 Å². The lowest BCUT2D eigenvalue weighted by Gasteiger charge is -2.08. The molecular formula is C10H12N6O2. The van der Waals surface area contributed by atoms with Crippen LogP contribution in [0.1, 0.15) is 10.5 Å². The van der Waals surface area contributed by atoms with Crippen LogP contribution in [-0.2, 0) is 0 Å². The lowest BCUT2D eigenvalue weighted by molar-refractivity contribution is 0.0996. The van der Waals surface area contributed by atoms with Crippen LogP contribution in [0.4, 0.5) is 11.5 Å². The van der Waals surface area contributed by atoms with E-state index in [1.165, 1.54) is 11.8 Å². The lowest BCUT2D eigenvalue weighted by Crippen LogP contribution is -2.14. The molecule has 18 heavy (non-hydrogen) atoms. The number of carbonyl (C=O) groups excluding carboxylic acids is 1. The van der Waals surface area contributed by atoms with Gasteiger partial charge in [-0.2, -0.15) is 4.68 Å². The van der Waals surface area contributed by atoms with E-state index in [1.807, 2.05) is 0 Å². The number of rotatable bonds is 3. The van der Waals surface area contributed by atoms with E-state index in [9.17, 15) is 4.79 Å². The molecule has 1 aromatic heterocycles. The fourth-order valence-electron chi connectivity index (χ4n) is 1.50. The van der Waals surface area contributed by atoms with Crippen molar-refractivity contribution in [2.24, 2.45) is 5.73 Å². The topological polar surface area (TPSA) is 135 Å². The third-order valence-electron chi connectivity index (χ3n) is 2.40. The number of amides is 1. The largest absolute Gasteiger partial charge is 0.497 e. The van der Waals surface area contributed by atoms with Crippen molar-refractivity contribution < 1.29 is 9.53 Å². The van der Waals surface area contributed by atoms with E-state index in [4.69, 9.17) is 21.9 Å². The molecule has 0 unspecified atom stereocenters. The molecule has 6 N–H and O–H groups in total. The number of hydrogen-bond donors (Lipinski definition) is 3. The fourth-order valence-corrected chi connectivity index (χ4v) is 1.50. The zero-order valence-electron chi connectivity index (χ0n) is 9.62. The Balaban J connectivity index is 2.52. The van der Waals surface area contributed by atoms with E-state index in [0.717, 1.165) is 0 Å². The van der Waals surface area contributed by atoms with Gasteiger partial charge in [0, 0.05) is 6.07 Å². The quantitative estimate of drug-likeness (QED) is 0.629. The summed E-state index contributed by atoms with van der Waals surface area (Å²) < 4.78 is 6.27. The maximum absolute atomic E-state index is 11.0. The molecule has 8 heteroatoms. The van der Waals surface area contributed by atoms with Crippen molar-refractivity contribution in [3.8, 4) is 11.4 Å². The minimum Gasteiger partial charge on any atom is -0.497 e. The van der Waals surface area contributed by atoms with Gasteiger partial charge in [-0.15, -0.1) is 5.10 Å². The second kappa shape index (κ2) is 4.24. The van der Waals surface area contributed by atoms with Gasteiger partial charge >= 0.3 is 0 Å². The molecule has 2 rings (SSSR count). The number of hydrogen-bond acceptors (Lipinski definition) is 6. The average molecular weight is 248 g/mol. The van der Waals surface area contributed by atoms with E-state index >= 15 is 0 Å². The molecule has 0 radical (unpaired) electrons. The second-order valence-corrected chi connectivity index (χ2v) is 3.52. The molecule has 2 aromatic rings. The van der Waals surface area contributed by atoms with Gasteiger partial charge in [0.2, 0.25) is 0 Å². The number of methoxy groups -OCH3 is 1. The highest BCUT2D eigenvalue weighted by atomic mass is 16.5. The van der Waals surface area contributed by atoms with Gasteiger partial charge in [0.1, 0.15) is 5.75 Å². The normalized spacial score (nSPS) is 10.3. The first kappa shape index (κ1) is 11.7. The van der Waals surface area contributed by atoms with E-state index in [2.05, 4.69) is 10.3 Å². The van der Waals surface area contributed by atoms with Gasteiger partial charge in [-0.1, -0.05) is 5.21 Å². The maximum atomic E-state index is 11.0. The fraction of sp³-hybridized carbons (Fsp3) is 0.100. The number of anilines is 2. The highest BCUT2D eigenvalue weighted by Gasteiger charge is 2.17. The first-order valence-corrected chi connectivity index (χ1v) is 4.99. The van der Waals surface area contributed by atoms with Crippen LogP contribution in [0.5, 0.6) is 5.75 Å². The summed E-state index contributed by atoms with van der Waals surface area (Å²) >= 11 is 0. The van der Waals surface area contributed by atoms with Gasteiger partial charge in [0.25, 0.3) is 5.91 Å². The van der Waals surface area contributed by atoms with Gasteiger partial charge in [-0.25, -0.2) is 0 Å². The molecule has 0 aliphatic carbocycles. The van der Waals surface area contributed by atoms with E-state index < -0.39 is 5.91 Å². The summed E-state index contributed by atoms with van der Waals surface area (Å²) in [7, 11) is 1.53. The van der Waals surface area contributed by atoms with Crippen molar-refractivity contribution in [3.05, 3.63) is 23.9 Å². The van der Waals surface area contributed by atoms with Crippen LogP contribution in [0.25, 0.3) is 5.69 Å². The number of benzene rings is 1. The van der Waals surface area contributed by atoms with Crippen molar-refractivity contribution in [1.29, 1.82) is 0 Å². The van der Waals surface area contributed by atoms with Gasteiger partial charge in [-0.3, -0.25) is 4.79 Å². The monoisotopic (exact) mass is 248 g/mol. The predicted octanol–water partition coefficient (Wildman–Crippen LogP) is -0.461. The Morgan fingerprint density at radius 3 is 2.61 bits per heavy atom. The van der Waals surface area contributed by atoms with Crippen LogP contribution in [0.15, 0.2) is 18.2 Å². The molecular weight excluding hydrogens is 236 g/mol. The summed E-state index contributed by atoms with van der Waals surface area (Å²) in [5, 5.41) is 7.35. The highest BCUT2D eigenvalue weighted by Crippen LogP contribution is 2.24. The molecule has 0 spiro atoms. The molecule has 1 amide bonds. The smallest absolute Gasteiger partial charge is 0.273 e. The van der Waals surface area contributed by atoms with Crippen LogP contribution in [0.2, 0.25) is 0 Å². The van der Waals surface area contributed by atoms with Gasteiger partial charge in [0.15, 0.2) is 11.5 Å². The molecule has 0 saturated carbocycles. The van der Waals surface area contributed by atoms with Gasteiger partial charge < -0.3 is 21.9 Å². The first-order valence-electron chi connectivity index (χ1n) is 4.99. The molecule has 0 aliphatic heterocycles. The molecule has 0 aliphatic rings. The molecule has 1 aromatic carbocycles. The van der Waals surface area contributed by atoms with E-state index in [1.54, 1.807) is 18.2 Å². The van der Waals surface area contributed by atoms with E-state index in [0.29, 0.717) is 17.1 Å². The minimum atomic E-state index is -0.745. The third-order valence-corrected chi connectivity index (χ3v) is 2.40. The lowest BCUT2D eigenvalue weighted by atomic mass is 10.2. The summed E-state index contributed by atoms with van der Waals surface area (Å²) in [5.74, 6) is -0.102. The Kier molecular flexibility index (Phi) is 2.76. The average Bonchev–Trinajstić information content (AvgIpc) is 2.71. The minimum absolute atomic E-state index is 0.0411. The number of carbonyl (C=O) groups is 1. The molecule has 0 bridgehead atoms. The standard InChI is InChI=1S/C10H12N6O2/c1-18-5-2-3-7(6(11)4-5)16-9(12)8(10(13)17)14-15-16/h2-4H,11-12H2,1H3,(H2,13,17).